The van der Waals surface area contributed by atoms with Crippen molar-refractivity contribution < 1.29 is 22.8 Å². The van der Waals surface area contributed by atoms with Gasteiger partial charge in [-0.2, -0.15) is 9.71 Å². The smallest absolute Gasteiger partial charge is 0.271 e. The molecule has 2 saturated heterocycles. The summed E-state index contributed by atoms with van der Waals surface area (Å²) in [6.07, 6.45) is 3.40. The highest BCUT2D eigenvalue weighted by molar-refractivity contribution is 7.89. The number of nitrogens with zero attached hydrogens (tertiary/aromatic N) is 3. The average molecular weight is 521 g/mol. The van der Waals surface area contributed by atoms with Crippen LogP contribution in [0, 0.1) is 5.92 Å². The van der Waals surface area contributed by atoms with Crippen molar-refractivity contribution in [1.82, 2.24) is 19.8 Å². The van der Waals surface area contributed by atoms with Crippen LogP contribution < -0.4 is 15.8 Å². The lowest BCUT2D eigenvalue weighted by molar-refractivity contribution is -0.138. The number of likely N-dealkylation sites (tertiary alicyclic amines) is 2. The highest BCUT2D eigenvalue weighted by atomic mass is 32.2. The monoisotopic (exact) mass is 520 g/mol. The number of amides is 3. The van der Waals surface area contributed by atoms with E-state index in [2.05, 4.69) is 15.0 Å². The van der Waals surface area contributed by atoms with E-state index in [1.165, 1.54) is 17.0 Å². The molecule has 0 radical (unpaired) electrons. The molecule has 1 aromatic carbocycles. The Morgan fingerprint density at radius 1 is 1.14 bits per heavy atom. The zero-order valence-electron chi connectivity index (χ0n) is 20.8. The maximum Gasteiger partial charge on any atom is 0.271 e. The number of hydrogen-bond donors (Lipinski definition) is 3. The largest absolute Gasteiger partial charge is 0.369 e. The molecule has 0 saturated carbocycles. The van der Waals surface area contributed by atoms with E-state index in [1.54, 1.807) is 23.1 Å². The first kappa shape index (κ1) is 27.6. The number of guanidine groups is 1. The van der Waals surface area contributed by atoms with Crippen molar-refractivity contribution in [2.45, 2.75) is 69.0 Å². The first-order valence-electron chi connectivity index (χ1n) is 12.3. The minimum absolute atomic E-state index is 0.0412. The van der Waals surface area contributed by atoms with Crippen LogP contribution in [0.2, 0.25) is 0 Å². The third-order valence-electron chi connectivity index (χ3n) is 6.52. The molecule has 36 heavy (non-hydrogen) atoms. The standard InChI is InChI=1S/C24H36N6O5S/c1-17(2)15-20(28-36(34,35)19-7-4-3-5-8-19)23(33)30-12-6-9-21(30)22(32)27-24(25)29-13-10-18(11-14-29)26-16-31/h3-5,7-8,16-18,20-21,28H,6,9-15H2,1-2H3,(H,26,31)(H2,25,27,32)/t20-,21+/m1/s1. The maximum atomic E-state index is 13.5. The summed E-state index contributed by atoms with van der Waals surface area (Å²) in [7, 11) is -3.92. The van der Waals surface area contributed by atoms with Gasteiger partial charge in [-0.15, -0.1) is 0 Å². The lowest BCUT2D eigenvalue weighted by atomic mass is 10.0. The number of carbonyl (C=O) groups excluding carboxylic acids is 3. The molecule has 2 atom stereocenters. The first-order valence-corrected chi connectivity index (χ1v) is 13.8. The van der Waals surface area contributed by atoms with E-state index in [0.717, 1.165) is 0 Å². The van der Waals surface area contributed by atoms with Crippen molar-refractivity contribution in [1.29, 1.82) is 0 Å². The van der Waals surface area contributed by atoms with Crippen molar-refractivity contribution in [3.8, 4) is 0 Å². The van der Waals surface area contributed by atoms with Crippen molar-refractivity contribution in [2.75, 3.05) is 19.6 Å². The Kier molecular flexibility index (Phi) is 9.43. The van der Waals surface area contributed by atoms with Gasteiger partial charge < -0.3 is 20.9 Å². The number of hydrogen-bond acceptors (Lipinski definition) is 5. The number of rotatable bonds is 9. The Hall–Kier alpha value is -2.99. The van der Waals surface area contributed by atoms with E-state index in [4.69, 9.17) is 5.73 Å². The fraction of sp³-hybridized carbons (Fsp3) is 0.583. The number of piperidine rings is 1. The Morgan fingerprint density at radius 3 is 2.42 bits per heavy atom. The summed E-state index contributed by atoms with van der Waals surface area (Å²) >= 11 is 0. The topological polar surface area (TPSA) is 154 Å². The van der Waals surface area contributed by atoms with Crippen LogP contribution in [0.3, 0.4) is 0 Å². The molecular formula is C24H36N6O5S. The predicted octanol–water partition coefficient (Wildman–Crippen LogP) is 0.422. The molecule has 0 unspecified atom stereocenters. The van der Waals surface area contributed by atoms with Gasteiger partial charge in [0.05, 0.1) is 4.90 Å². The second-order valence-corrected chi connectivity index (χ2v) is 11.4. The van der Waals surface area contributed by atoms with Crippen LogP contribution in [0.4, 0.5) is 0 Å². The molecule has 0 aliphatic carbocycles. The van der Waals surface area contributed by atoms with Gasteiger partial charge in [0.15, 0.2) is 5.96 Å². The summed E-state index contributed by atoms with van der Waals surface area (Å²) in [5.41, 5.74) is 6.10. The molecule has 2 aliphatic heterocycles. The molecular weight excluding hydrogens is 484 g/mol. The lowest BCUT2D eigenvalue weighted by Crippen LogP contribution is -2.52. The second kappa shape index (κ2) is 12.3. The van der Waals surface area contributed by atoms with Gasteiger partial charge in [-0.05, 0) is 50.2 Å². The molecule has 1 aromatic rings. The minimum Gasteiger partial charge on any atom is -0.369 e. The average Bonchev–Trinajstić information content (AvgIpc) is 3.34. The summed E-state index contributed by atoms with van der Waals surface area (Å²) in [5, 5.41) is 2.75. The summed E-state index contributed by atoms with van der Waals surface area (Å²) in [5.74, 6) is -0.818. The Labute approximate surface area is 212 Å². The van der Waals surface area contributed by atoms with Crippen molar-refractivity contribution in [3.63, 3.8) is 0 Å². The molecule has 0 bridgehead atoms. The van der Waals surface area contributed by atoms with Crippen LogP contribution in [0.5, 0.6) is 0 Å². The third kappa shape index (κ3) is 7.03. The van der Waals surface area contributed by atoms with Gasteiger partial charge in [-0.25, -0.2) is 8.42 Å². The SMILES string of the molecule is CC(C)C[C@@H](NS(=O)(=O)c1ccccc1)C(=O)N1CCC[C@H]1C(=O)N=C(N)N1CCC(NC=O)CC1. The number of aliphatic imine (C=N–C) groups is 1. The number of carbonyl (C=O) groups is 3. The zero-order valence-corrected chi connectivity index (χ0v) is 21.6. The zero-order chi connectivity index (χ0) is 26.3. The fourth-order valence-corrected chi connectivity index (χ4v) is 5.87. The minimum atomic E-state index is -3.92. The van der Waals surface area contributed by atoms with Gasteiger partial charge in [0.2, 0.25) is 22.3 Å². The predicted molar refractivity (Wildman–Crippen MR) is 135 cm³/mol. The van der Waals surface area contributed by atoms with Gasteiger partial charge in [0.25, 0.3) is 5.91 Å². The van der Waals surface area contributed by atoms with E-state index in [-0.39, 0.29) is 29.2 Å². The van der Waals surface area contributed by atoms with E-state index in [1.807, 2.05) is 13.8 Å². The molecule has 4 N–H and O–H groups in total. The van der Waals surface area contributed by atoms with Crippen molar-refractivity contribution in [2.24, 2.45) is 16.6 Å². The van der Waals surface area contributed by atoms with E-state index < -0.39 is 33.9 Å². The normalized spacial score (nSPS) is 20.4. The van der Waals surface area contributed by atoms with Crippen LogP contribution in [-0.4, -0.2) is 80.2 Å². The summed E-state index contributed by atoms with van der Waals surface area (Å²) < 4.78 is 28.4. The van der Waals surface area contributed by atoms with Crippen LogP contribution in [0.25, 0.3) is 0 Å². The van der Waals surface area contributed by atoms with Gasteiger partial charge in [-0.1, -0.05) is 32.0 Å². The van der Waals surface area contributed by atoms with Gasteiger partial charge >= 0.3 is 0 Å². The van der Waals surface area contributed by atoms with Gasteiger partial charge in [-0.3, -0.25) is 14.4 Å². The number of nitrogens with one attached hydrogen (secondary N) is 2. The Balaban J connectivity index is 1.71. The quantitative estimate of drug-likeness (QED) is 0.242. The molecule has 12 heteroatoms. The van der Waals surface area contributed by atoms with E-state index >= 15 is 0 Å². The number of sulfonamides is 1. The van der Waals surface area contributed by atoms with E-state index in [9.17, 15) is 22.8 Å². The fourth-order valence-electron chi connectivity index (χ4n) is 4.64. The summed E-state index contributed by atoms with van der Waals surface area (Å²) in [6, 6.07) is 6.16. The first-order chi connectivity index (χ1) is 17.1. The maximum absolute atomic E-state index is 13.5. The molecule has 3 amide bonds. The van der Waals surface area contributed by atoms with Crippen LogP contribution >= 0.6 is 0 Å². The van der Waals surface area contributed by atoms with Gasteiger partial charge in [0.1, 0.15) is 12.1 Å². The molecule has 198 valence electrons. The highest BCUT2D eigenvalue weighted by Crippen LogP contribution is 2.22. The molecule has 11 nitrogen and oxygen atoms in total. The third-order valence-corrected chi connectivity index (χ3v) is 8.01. The van der Waals surface area contributed by atoms with Crippen molar-refractivity contribution >= 4 is 34.2 Å². The highest BCUT2D eigenvalue weighted by Gasteiger charge is 2.39. The van der Waals surface area contributed by atoms with Gasteiger partial charge in [0, 0.05) is 25.7 Å². The number of benzene rings is 1. The Morgan fingerprint density at radius 2 is 1.81 bits per heavy atom. The second-order valence-electron chi connectivity index (χ2n) is 9.66. The summed E-state index contributed by atoms with van der Waals surface area (Å²) in [6.45, 7) is 5.26. The lowest BCUT2D eigenvalue weighted by Gasteiger charge is -2.32. The molecule has 0 spiro atoms. The molecule has 2 aliphatic rings. The molecule has 2 fully saturated rings. The van der Waals surface area contributed by atoms with E-state index in [0.29, 0.717) is 51.7 Å². The van der Waals surface area contributed by atoms with Crippen LogP contribution in [-0.2, 0) is 24.4 Å². The van der Waals surface area contributed by atoms with Crippen LogP contribution in [0.15, 0.2) is 40.2 Å². The molecule has 0 aromatic heterocycles. The Bertz CT molecular complexity index is 1050. The summed E-state index contributed by atoms with van der Waals surface area (Å²) in [4.78, 5) is 44.6. The van der Waals surface area contributed by atoms with Crippen molar-refractivity contribution in [3.05, 3.63) is 30.3 Å². The van der Waals surface area contributed by atoms with Crippen LogP contribution in [0.1, 0.15) is 46.0 Å². The molecule has 2 heterocycles. The number of nitrogens with two attached hydrogens (primary N) is 1. The molecule has 3 rings (SSSR count).